The molecule has 1 aliphatic carbocycles. The Morgan fingerprint density at radius 2 is 2.11 bits per heavy atom. The summed E-state index contributed by atoms with van der Waals surface area (Å²) in [6.45, 7) is 0.0735. The molecule has 0 saturated heterocycles. The van der Waals surface area contributed by atoms with Crippen molar-refractivity contribution in [2.24, 2.45) is 5.41 Å². The lowest BCUT2D eigenvalue weighted by Gasteiger charge is -2.37. The molecule has 0 aromatic heterocycles. The molecule has 0 radical (unpaired) electrons. The average Bonchev–Trinajstić information content (AvgIpc) is 2.30. The van der Waals surface area contributed by atoms with Crippen LogP contribution in [-0.2, 0) is 4.79 Å². The van der Waals surface area contributed by atoms with Crippen molar-refractivity contribution in [3.05, 3.63) is 34.1 Å². The highest BCUT2D eigenvalue weighted by Crippen LogP contribution is 2.40. The Kier molecular flexibility index (Phi) is 3.89. The molecule has 2 rings (SSSR count). The molecule has 1 amide bonds. The van der Waals surface area contributed by atoms with Crippen molar-refractivity contribution < 1.29 is 19.1 Å². The molecular formula is C13H13BrFNO3. The van der Waals surface area contributed by atoms with Crippen LogP contribution in [0.1, 0.15) is 29.6 Å². The van der Waals surface area contributed by atoms with Crippen LogP contribution in [0.25, 0.3) is 0 Å². The highest BCUT2D eigenvalue weighted by Gasteiger charge is 2.44. The summed E-state index contributed by atoms with van der Waals surface area (Å²) in [6.07, 6.45) is 1.98. The molecule has 0 unspecified atom stereocenters. The Bertz CT molecular complexity index is 529. The minimum atomic E-state index is -0.891. The van der Waals surface area contributed by atoms with Crippen molar-refractivity contribution in [2.45, 2.75) is 19.3 Å². The van der Waals surface area contributed by atoms with Crippen molar-refractivity contribution in [1.82, 2.24) is 5.32 Å². The summed E-state index contributed by atoms with van der Waals surface area (Å²) < 4.78 is 13.4. The summed E-state index contributed by atoms with van der Waals surface area (Å²) in [4.78, 5) is 23.1. The van der Waals surface area contributed by atoms with Gasteiger partial charge >= 0.3 is 5.97 Å². The van der Waals surface area contributed by atoms with E-state index in [1.807, 2.05) is 0 Å². The van der Waals surface area contributed by atoms with Gasteiger partial charge in [0, 0.05) is 6.54 Å². The van der Waals surface area contributed by atoms with Crippen LogP contribution in [0, 0.1) is 11.2 Å². The molecule has 1 aromatic rings. The van der Waals surface area contributed by atoms with Crippen molar-refractivity contribution in [3.63, 3.8) is 0 Å². The second kappa shape index (κ2) is 5.28. The fraction of sp³-hybridized carbons (Fsp3) is 0.385. The number of aliphatic carboxylic acids is 1. The third-order valence-electron chi connectivity index (χ3n) is 3.55. The van der Waals surface area contributed by atoms with Crippen LogP contribution in [0.5, 0.6) is 0 Å². The molecule has 19 heavy (non-hydrogen) atoms. The van der Waals surface area contributed by atoms with E-state index in [0.29, 0.717) is 12.8 Å². The number of carbonyl (C=O) groups excluding carboxylic acids is 1. The third kappa shape index (κ3) is 2.63. The lowest BCUT2D eigenvalue weighted by atomic mass is 9.69. The van der Waals surface area contributed by atoms with Crippen LogP contribution < -0.4 is 5.32 Å². The maximum atomic E-state index is 13.3. The molecule has 2 N–H and O–H groups in total. The van der Waals surface area contributed by atoms with Crippen LogP contribution >= 0.6 is 15.9 Å². The predicted molar refractivity (Wildman–Crippen MR) is 70.4 cm³/mol. The SMILES string of the molecule is O=C(NCC1(C(=O)O)CCC1)c1cccc(F)c1Br. The lowest BCUT2D eigenvalue weighted by molar-refractivity contribution is -0.153. The number of hydrogen-bond donors (Lipinski definition) is 2. The topological polar surface area (TPSA) is 66.4 Å². The fourth-order valence-corrected chi connectivity index (χ4v) is 2.54. The number of carbonyl (C=O) groups is 2. The molecule has 1 aromatic carbocycles. The molecule has 0 heterocycles. The van der Waals surface area contributed by atoms with Gasteiger partial charge in [-0.15, -0.1) is 0 Å². The Hall–Kier alpha value is -1.43. The Labute approximate surface area is 118 Å². The van der Waals surface area contributed by atoms with E-state index in [2.05, 4.69) is 21.2 Å². The van der Waals surface area contributed by atoms with Gasteiger partial charge in [0.2, 0.25) is 0 Å². The van der Waals surface area contributed by atoms with Gasteiger partial charge in [0.1, 0.15) is 5.82 Å². The number of rotatable bonds is 4. The minimum absolute atomic E-state index is 0.0735. The molecule has 0 atom stereocenters. The van der Waals surface area contributed by atoms with Crippen LogP contribution in [-0.4, -0.2) is 23.5 Å². The Morgan fingerprint density at radius 3 is 2.63 bits per heavy atom. The van der Waals surface area contributed by atoms with Gasteiger partial charge in [-0.05, 0) is 40.9 Å². The molecular weight excluding hydrogens is 317 g/mol. The molecule has 1 aliphatic rings. The van der Waals surface area contributed by atoms with E-state index in [0.717, 1.165) is 6.42 Å². The minimum Gasteiger partial charge on any atom is -0.481 e. The van der Waals surface area contributed by atoms with Crippen molar-refractivity contribution in [2.75, 3.05) is 6.54 Å². The Morgan fingerprint density at radius 1 is 1.42 bits per heavy atom. The first-order valence-corrected chi connectivity index (χ1v) is 6.71. The van der Waals surface area contributed by atoms with E-state index in [9.17, 15) is 14.0 Å². The molecule has 4 nitrogen and oxygen atoms in total. The number of nitrogens with one attached hydrogen (secondary N) is 1. The number of amides is 1. The summed E-state index contributed by atoms with van der Waals surface area (Å²) >= 11 is 3.01. The Balaban J connectivity index is 2.06. The summed E-state index contributed by atoms with van der Waals surface area (Å²) in [5.74, 6) is -1.89. The van der Waals surface area contributed by atoms with Gasteiger partial charge in [-0.25, -0.2) is 4.39 Å². The number of hydrogen-bond acceptors (Lipinski definition) is 2. The maximum Gasteiger partial charge on any atom is 0.311 e. The van der Waals surface area contributed by atoms with Gasteiger partial charge in [-0.1, -0.05) is 12.5 Å². The lowest BCUT2D eigenvalue weighted by Crippen LogP contribution is -2.47. The summed E-state index contributed by atoms with van der Waals surface area (Å²) in [5, 5.41) is 11.7. The molecule has 6 heteroatoms. The zero-order chi connectivity index (χ0) is 14.0. The van der Waals surface area contributed by atoms with E-state index in [-0.39, 0.29) is 16.6 Å². The van der Waals surface area contributed by atoms with E-state index >= 15 is 0 Å². The van der Waals surface area contributed by atoms with Gasteiger partial charge in [-0.3, -0.25) is 9.59 Å². The third-order valence-corrected chi connectivity index (χ3v) is 4.35. The highest BCUT2D eigenvalue weighted by atomic mass is 79.9. The van der Waals surface area contributed by atoms with Crippen molar-refractivity contribution in [1.29, 1.82) is 0 Å². The van der Waals surface area contributed by atoms with Gasteiger partial charge in [-0.2, -0.15) is 0 Å². The predicted octanol–water partition coefficient (Wildman–Crippen LogP) is 2.57. The zero-order valence-electron chi connectivity index (χ0n) is 10.1. The molecule has 1 saturated carbocycles. The number of benzene rings is 1. The van der Waals surface area contributed by atoms with Crippen LogP contribution in [0.2, 0.25) is 0 Å². The summed E-state index contributed by atoms with van der Waals surface area (Å²) in [7, 11) is 0. The van der Waals surface area contributed by atoms with Crippen LogP contribution in [0.4, 0.5) is 4.39 Å². The van der Waals surface area contributed by atoms with Gasteiger partial charge in [0.25, 0.3) is 5.91 Å². The normalized spacial score (nSPS) is 16.5. The molecule has 102 valence electrons. The highest BCUT2D eigenvalue weighted by molar-refractivity contribution is 9.10. The quantitative estimate of drug-likeness (QED) is 0.892. The van der Waals surface area contributed by atoms with Crippen LogP contribution in [0.15, 0.2) is 22.7 Å². The largest absolute Gasteiger partial charge is 0.481 e. The van der Waals surface area contributed by atoms with E-state index < -0.39 is 23.1 Å². The second-order valence-corrected chi connectivity index (χ2v) is 5.52. The van der Waals surface area contributed by atoms with Gasteiger partial charge < -0.3 is 10.4 Å². The monoisotopic (exact) mass is 329 g/mol. The second-order valence-electron chi connectivity index (χ2n) is 4.72. The smallest absolute Gasteiger partial charge is 0.311 e. The number of halogens is 2. The molecule has 0 bridgehead atoms. The first-order chi connectivity index (χ1) is 8.96. The fourth-order valence-electron chi connectivity index (χ4n) is 2.09. The van der Waals surface area contributed by atoms with E-state index in [1.54, 1.807) is 0 Å². The van der Waals surface area contributed by atoms with Crippen LogP contribution in [0.3, 0.4) is 0 Å². The summed E-state index contributed by atoms with van der Waals surface area (Å²) in [6, 6.07) is 4.16. The van der Waals surface area contributed by atoms with E-state index in [4.69, 9.17) is 5.11 Å². The van der Waals surface area contributed by atoms with Gasteiger partial charge in [0.15, 0.2) is 0 Å². The number of carboxylic acids is 1. The van der Waals surface area contributed by atoms with Gasteiger partial charge in [0.05, 0.1) is 15.5 Å². The first-order valence-electron chi connectivity index (χ1n) is 5.92. The summed E-state index contributed by atoms with van der Waals surface area (Å²) in [5.41, 5.74) is -0.685. The van der Waals surface area contributed by atoms with Crippen molar-refractivity contribution in [3.8, 4) is 0 Å². The average molecular weight is 330 g/mol. The molecule has 1 fully saturated rings. The van der Waals surface area contributed by atoms with Crippen molar-refractivity contribution >= 4 is 27.8 Å². The standard InChI is InChI=1S/C13H13BrFNO3/c14-10-8(3-1-4-9(10)15)11(17)16-7-13(12(18)19)5-2-6-13/h1,3-4H,2,5-7H2,(H,16,17)(H,18,19). The van der Waals surface area contributed by atoms with E-state index in [1.165, 1.54) is 18.2 Å². The maximum absolute atomic E-state index is 13.3. The molecule has 0 aliphatic heterocycles. The number of carboxylic acid groups (broad SMARTS) is 1. The zero-order valence-corrected chi connectivity index (χ0v) is 11.7. The first kappa shape index (κ1) is 14.0. The molecule has 0 spiro atoms.